The molecule has 6 nitrogen and oxygen atoms in total. The predicted octanol–water partition coefficient (Wildman–Crippen LogP) is 1.14. The van der Waals surface area contributed by atoms with Crippen molar-refractivity contribution in [2.45, 2.75) is 26.3 Å². The van der Waals surface area contributed by atoms with Crippen molar-refractivity contribution in [3.63, 3.8) is 0 Å². The summed E-state index contributed by atoms with van der Waals surface area (Å²) < 4.78 is 0. The number of benzene rings is 1. The van der Waals surface area contributed by atoms with Crippen LogP contribution in [0.4, 0.5) is 5.69 Å². The van der Waals surface area contributed by atoms with Crippen LogP contribution < -0.4 is 11.1 Å². The maximum Gasteiger partial charge on any atom is 0.248 e. The fourth-order valence-corrected chi connectivity index (χ4v) is 2.75. The van der Waals surface area contributed by atoms with Crippen LogP contribution in [-0.4, -0.2) is 60.4 Å². The van der Waals surface area contributed by atoms with E-state index >= 15 is 0 Å². The monoisotopic (exact) mass is 318 g/mol. The number of carbonyl (C=O) groups is 2. The quantitative estimate of drug-likeness (QED) is 0.853. The fourth-order valence-electron chi connectivity index (χ4n) is 2.75. The Morgan fingerprint density at radius 1 is 1.13 bits per heavy atom. The first-order valence-corrected chi connectivity index (χ1v) is 8.13. The van der Waals surface area contributed by atoms with E-state index in [1.807, 2.05) is 4.90 Å². The molecule has 0 atom stereocenters. The smallest absolute Gasteiger partial charge is 0.248 e. The molecule has 2 amide bonds. The molecule has 0 spiro atoms. The summed E-state index contributed by atoms with van der Waals surface area (Å²) >= 11 is 0. The lowest BCUT2D eigenvalue weighted by Gasteiger charge is -2.25. The zero-order valence-electron chi connectivity index (χ0n) is 13.9. The van der Waals surface area contributed by atoms with Gasteiger partial charge in [0.1, 0.15) is 0 Å². The summed E-state index contributed by atoms with van der Waals surface area (Å²) in [6.07, 6.45) is 1.01. The van der Waals surface area contributed by atoms with Gasteiger partial charge in [0.2, 0.25) is 11.8 Å². The zero-order chi connectivity index (χ0) is 16.8. The van der Waals surface area contributed by atoms with Crippen LogP contribution in [0.1, 0.15) is 30.6 Å². The van der Waals surface area contributed by atoms with Gasteiger partial charge in [0.05, 0.1) is 6.54 Å². The number of amides is 2. The van der Waals surface area contributed by atoms with E-state index in [0.29, 0.717) is 11.6 Å². The SMILES string of the molecule is CC(C)N1CCCN(C(=O)CNc2ccc(C(N)=O)cc2)CC1. The highest BCUT2D eigenvalue weighted by Gasteiger charge is 2.20. The van der Waals surface area contributed by atoms with E-state index in [9.17, 15) is 9.59 Å². The van der Waals surface area contributed by atoms with Crippen molar-refractivity contribution in [2.75, 3.05) is 38.0 Å². The highest BCUT2D eigenvalue weighted by atomic mass is 16.2. The molecule has 23 heavy (non-hydrogen) atoms. The van der Waals surface area contributed by atoms with Gasteiger partial charge in [0.25, 0.3) is 0 Å². The number of hydrogen-bond donors (Lipinski definition) is 2. The molecule has 0 radical (unpaired) electrons. The lowest BCUT2D eigenvalue weighted by Crippen LogP contribution is -2.39. The third-order valence-electron chi connectivity index (χ3n) is 4.23. The van der Waals surface area contributed by atoms with E-state index in [2.05, 4.69) is 24.1 Å². The minimum Gasteiger partial charge on any atom is -0.376 e. The Morgan fingerprint density at radius 2 is 1.83 bits per heavy atom. The summed E-state index contributed by atoms with van der Waals surface area (Å²) in [6, 6.07) is 7.35. The molecule has 1 aromatic rings. The largest absolute Gasteiger partial charge is 0.376 e. The van der Waals surface area contributed by atoms with Crippen LogP contribution in [0.25, 0.3) is 0 Å². The minimum atomic E-state index is -0.452. The number of hydrogen-bond acceptors (Lipinski definition) is 4. The lowest BCUT2D eigenvalue weighted by molar-refractivity contribution is -0.129. The van der Waals surface area contributed by atoms with E-state index in [1.165, 1.54) is 0 Å². The van der Waals surface area contributed by atoms with Gasteiger partial charge < -0.3 is 16.0 Å². The normalized spacial score (nSPS) is 16.2. The molecule has 6 heteroatoms. The standard InChI is InChI=1S/C17H26N4O2/c1-13(2)20-8-3-9-21(11-10-20)16(22)12-19-15-6-4-14(5-7-15)17(18)23/h4-7,13,19H,3,8-12H2,1-2H3,(H2,18,23). The van der Waals surface area contributed by atoms with Crippen molar-refractivity contribution in [1.82, 2.24) is 9.80 Å². The number of rotatable bonds is 5. The van der Waals surface area contributed by atoms with Gasteiger partial charge in [-0.25, -0.2) is 0 Å². The van der Waals surface area contributed by atoms with E-state index in [-0.39, 0.29) is 12.5 Å². The molecule has 1 aliphatic heterocycles. The maximum atomic E-state index is 12.3. The van der Waals surface area contributed by atoms with E-state index in [0.717, 1.165) is 38.3 Å². The van der Waals surface area contributed by atoms with Gasteiger partial charge in [-0.1, -0.05) is 0 Å². The number of nitrogens with two attached hydrogens (primary N) is 1. The third-order valence-corrected chi connectivity index (χ3v) is 4.23. The van der Waals surface area contributed by atoms with Gasteiger partial charge in [0, 0.05) is 43.5 Å². The average Bonchev–Trinajstić information content (AvgIpc) is 2.79. The number of carbonyl (C=O) groups excluding carboxylic acids is 2. The zero-order valence-corrected chi connectivity index (χ0v) is 13.9. The van der Waals surface area contributed by atoms with Gasteiger partial charge in [-0.2, -0.15) is 0 Å². The van der Waals surface area contributed by atoms with Gasteiger partial charge in [-0.15, -0.1) is 0 Å². The molecule has 1 heterocycles. The van der Waals surface area contributed by atoms with Gasteiger partial charge in [-0.3, -0.25) is 14.5 Å². The van der Waals surface area contributed by atoms with Crippen molar-refractivity contribution in [3.05, 3.63) is 29.8 Å². The van der Waals surface area contributed by atoms with Crippen LogP contribution in [0.15, 0.2) is 24.3 Å². The predicted molar refractivity (Wildman–Crippen MR) is 91.4 cm³/mol. The van der Waals surface area contributed by atoms with Crippen molar-refractivity contribution in [1.29, 1.82) is 0 Å². The second kappa shape index (κ2) is 7.97. The summed E-state index contributed by atoms with van der Waals surface area (Å²) in [5.74, 6) is -0.346. The Kier molecular flexibility index (Phi) is 5.98. The first-order valence-electron chi connectivity index (χ1n) is 8.13. The fraction of sp³-hybridized carbons (Fsp3) is 0.529. The second-order valence-electron chi connectivity index (χ2n) is 6.16. The van der Waals surface area contributed by atoms with Crippen LogP contribution in [0.3, 0.4) is 0 Å². The summed E-state index contributed by atoms with van der Waals surface area (Å²) in [4.78, 5) is 27.7. The van der Waals surface area contributed by atoms with Crippen molar-refractivity contribution >= 4 is 17.5 Å². The van der Waals surface area contributed by atoms with Crippen LogP contribution >= 0.6 is 0 Å². The first-order chi connectivity index (χ1) is 11.0. The molecule has 1 saturated heterocycles. The topological polar surface area (TPSA) is 78.7 Å². The average molecular weight is 318 g/mol. The Hall–Kier alpha value is -2.08. The molecule has 0 aromatic heterocycles. The number of anilines is 1. The van der Waals surface area contributed by atoms with Crippen LogP contribution in [0, 0.1) is 0 Å². The second-order valence-corrected chi connectivity index (χ2v) is 6.16. The minimum absolute atomic E-state index is 0.106. The lowest BCUT2D eigenvalue weighted by atomic mass is 10.2. The summed E-state index contributed by atoms with van der Waals surface area (Å²) in [6.45, 7) is 8.20. The molecule has 0 unspecified atom stereocenters. The molecule has 0 saturated carbocycles. The molecule has 0 aliphatic carbocycles. The highest BCUT2D eigenvalue weighted by Crippen LogP contribution is 2.10. The summed E-state index contributed by atoms with van der Waals surface area (Å²) in [5, 5.41) is 3.11. The Morgan fingerprint density at radius 3 is 2.43 bits per heavy atom. The Labute approximate surface area is 137 Å². The molecule has 3 N–H and O–H groups in total. The molecule has 1 aromatic carbocycles. The Balaban J connectivity index is 1.83. The Bertz CT molecular complexity index is 542. The van der Waals surface area contributed by atoms with E-state index in [1.54, 1.807) is 24.3 Å². The van der Waals surface area contributed by atoms with E-state index in [4.69, 9.17) is 5.73 Å². The van der Waals surface area contributed by atoms with Gasteiger partial charge in [-0.05, 0) is 44.5 Å². The number of nitrogens with zero attached hydrogens (tertiary/aromatic N) is 2. The van der Waals surface area contributed by atoms with E-state index < -0.39 is 5.91 Å². The van der Waals surface area contributed by atoms with Crippen molar-refractivity contribution in [3.8, 4) is 0 Å². The van der Waals surface area contributed by atoms with Crippen LogP contribution in [0.5, 0.6) is 0 Å². The molecule has 1 fully saturated rings. The molecular weight excluding hydrogens is 292 g/mol. The summed E-state index contributed by atoms with van der Waals surface area (Å²) in [7, 11) is 0. The van der Waals surface area contributed by atoms with Crippen molar-refractivity contribution in [2.24, 2.45) is 5.73 Å². The number of nitrogens with one attached hydrogen (secondary N) is 1. The molecule has 126 valence electrons. The van der Waals surface area contributed by atoms with Gasteiger partial charge in [0.15, 0.2) is 0 Å². The van der Waals surface area contributed by atoms with Gasteiger partial charge >= 0.3 is 0 Å². The number of primary amides is 1. The van der Waals surface area contributed by atoms with Crippen molar-refractivity contribution < 1.29 is 9.59 Å². The first kappa shape index (κ1) is 17.3. The maximum absolute atomic E-state index is 12.3. The third kappa shape index (κ3) is 4.96. The molecular formula is C17H26N4O2. The summed E-state index contributed by atoms with van der Waals surface area (Å²) in [5.41, 5.74) is 6.48. The molecule has 0 bridgehead atoms. The van der Waals surface area contributed by atoms with Crippen LogP contribution in [0.2, 0.25) is 0 Å². The molecule has 1 aliphatic rings. The highest BCUT2D eigenvalue weighted by molar-refractivity contribution is 5.93. The van der Waals surface area contributed by atoms with Crippen LogP contribution in [-0.2, 0) is 4.79 Å². The molecule has 2 rings (SSSR count).